The highest BCUT2D eigenvalue weighted by molar-refractivity contribution is 7.99. The van der Waals surface area contributed by atoms with Crippen LogP contribution < -0.4 is 5.73 Å². The van der Waals surface area contributed by atoms with Gasteiger partial charge in [-0.1, -0.05) is 30.0 Å². The Balaban J connectivity index is 0.00000162. The first kappa shape index (κ1) is 14.9. The Bertz CT molecular complexity index is 488. The molecule has 0 saturated carbocycles. The zero-order valence-corrected chi connectivity index (χ0v) is 11.7. The van der Waals surface area contributed by atoms with E-state index in [4.69, 9.17) is 5.73 Å². The molecule has 0 aliphatic rings. The molecule has 2 rings (SSSR count). The predicted octanol–water partition coefficient (Wildman–Crippen LogP) is 1.83. The number of nitrogens with two attached hydrogens (primary N) is 1. The molecule has 1 aromatic carbocycles. The number of halogens is 1. The van der Waals surface area contributed by atoms with Crippen LogP contribution in [0.1, 0.15) is 12.0 Å². The number of para-hydroxylation sites is 1. The van der Waals surface area contributed by atoms with Crippen LogP contribution in [0.4, 0.5) is 0 Å². The molecular formula is C11H16ClN5S. The molecule has 2 N–H and O–H groups in total. The molecule has 98 valence electrons. The molecule has 18 heavy (non-hydrogen) atoms. The van der Waals surface area contributed by atoms with Crippen LogP contribution >= 0.6 is 24.2 Å². The van der Waals surface area contributed by atoms with Crippen LogP contribution in [0.5, 0.6) is 0 Å². The first-order chi connectivity index (χ1) is 8.33. The van der Waals surface area contributed by atoms with Gasteiger partial charge in [0.1, 0.15) is 0 Å². The number of hydrogen-bond donors (Lipinski definition) is 1. The summed E-state index contributed by atoms with van der Waals surface area (Å²) in [5.41, 5.74) is 7.64. The minimum Gasteiger partial charge on any atom is -0.330 e. The molecule has 7 heteroatoms. The highest BCUT2D eigenvalue weighted by Crippen LogP contribution is 2.20. The highest BCUT2D eigenvalue weighted by Gasteiger charge is 2.09. The van der Waals surface area contributed by atoms with Crippen molar-refractivity contribution >= 4 is 24.2 Å². The van der Waals surface area contributed by atoms with E-state index in [1.807, 2.05) is 31.2 Å². The van der Waals surface area contributed by atoms with Crippen molar-refractivity contribution in [3.8, 4) is 5.69 Å². The van der Waals surface area contributed by atoms with Gasteiger partial charge in [-0.2, -0.15) is 4.68 Å². The molecule has 1 aromatic heterocycles. The van der Waals surface area contributed by atoms with Gasteiger partial charge < -0.3 is 5.73 Å². The third-order valence-corrected chi connectivity index (χ3v) is 3.37. The highest BCUT2D eigenvalue weighted by atomic mass is 35.5. The molecule has 0 fully saturated rings. The quantitative estimate of drug-likeness (QED) is 0.670. The summed E-state index contributed by atoms with van der Waals surface area (Å²) in [6, 6.07) is 8.05. The number of rotatable bonds is 5. The summed E-state index contributed by atoms with van der Waals surface area (Å²) >= 11 is 1.63. The lowest BCUT2D eigenvalue weighted by Gasteiger charge is -2.06. The summed E-state index contributed by atoms with van der Waals surface area (Å²) in [4.78, 5) is 0. The smallest absolute Gasteiger partial charge is 0.214 e. The van der Waals surface area contributed by atoms with Gasteiger partial charge in [0.25, 0.3) is 0 Å². The molecule has 0 atom stereocenters. The van der Waals surface area contributed by atoms with Gasteiger partial charge in [-0.05, 0) is 41.9 Å². The summed E-state index contributed by atoms with van der Waals surface area (Å²) in [6.07, 6.45) is 0.964. The van der Waals surface area contributed by atoms with E-state index in [1.165, 1.54) is 0 Å². The molecule has 0 amide bonds. The Morgan fingerprint density at radius 2 is 2.11 bits per heavy atom. The van der Waals surface area contributed by atoms with Crippen LogP contribution in [0.2, 0.25) is 0 Å². The standard InChI is InChI=1S/C11H15N5S.ClH/c1-9-5-2-3-6-10(9)16-11(13-14-15-16)17-8-4-7-12;/h2-3,5-6H,4,7-8,12H2,1H3;1H. The lowest BCUT2D eigenvalue weighted by molar-refractivity contribution is 0.751. The minimum atomic E-state index is 0. The Kier molecular flexibility index (Phi) is 6.11. The van der Waals surface area contributed by atoms with Crippen molar-refractivity contribution in [2.24, 2.45) is 5.73 Å². The van der Waals surface area contributed by atoms with Gasteiger partial charge in [-0.3, -0.25) is 0 Å². The van der Waals surface area contributed by atoms with E-state index in [0.29, 0.717) is 6.54 Å². The summed E-state index contributed by atoms with van der Waals surface area (Å²) in [5, 5.41) is 12.6. The van der Waals surface area contributed by atoms with Gasteiger partial charge in [0.15, 0.2) is 0 Å². The number of thioether (sulfide) groups is 1. The zero-order chi connectivity index (χ0) is 12.1. The largest absolute Gasteiger partial charge is 0.330 e. The van der Waals surface area contributed by atoms with E-state index < -0.39 is 0 Å². The van der Waals surface area contributed by atoms with Gasteiger partial charge in [0.05, 0.1) is 5.69 Å². The van der Waals surface area contributed by atoms with Crippen LogP contribution in [0.25, 0.3) is 5.69 Å². The van der Waals surface area contributed by atoms with Crippen molar-refractivity contribution in [1.29, 1.82) is 0 Å². The Labute approximate surface area is 117 Å². The van der Waals surface area contributed by atoms with Crippen molar-refractivity contribution in [3.05, 3.63) is 29.8 Å². The van der Waals surface area contributed by atoms with E-state index in [0.717, 1.165) is 28.6 Å². The zero-order valence-electron chi connectivity index (χ0n) is 10.1. The van der Waals surface area contributed by atoms with Crippen molar-refractivity contribution in [3.63, 3.8) is 0 Å². The number of aromatic nitrogens is 4. The molecule has 1 heterocycles. The fourth-order valence-electron chi connectivity index (χ4n) is 1.47. The maximum atomic E-state index is 5.47. The second kappa shape index (κ2) is 7.35. The Morgan fingerprint density at radius 3 is 2.83 bits per heavy atom. The van der Waals surface area contributed by atoms with Crippen molar-refractivity contribution in [2.45, 2.75) is 18.5 Å². The van der Waals surface area contributed by atoms with Gasteiger partial charge >= 0.3 is 0 Å². The lowest BCUT2D eigenvalue weighted by Crippen LogP contribution is -2.03. The van der Waals surface area contributed by atoms with E-state index in [9.17, 15) is 0 Å². The topological polar surface area (TPSA) is 69.6 Å². The summed E-state index contributed by atoms with van der Waals surface area (Å²) in [5.74, 6) is 0.933. The SMILES string of the molecule is Cc1ccccc1-n1nnnc1SCCCN.Cl. The van der Waals surface area contributed by atoms with E-state index in [2.05, 4.69) is 15.5 Å². The van der Waals surface area contributed by atoms with Crippen molar-refractivity contribution in [1.82, 2.24) is 20.2 Å². The van der Waals surface area contributed by atoms with Crippen LogP contribution in [-0.2, 0) is 0 Å². The monoisotopic (exact) mass is 285 g/mol. The number of benzene rings is 1. The molecule has 0 aliphatic carbocycles. The number of nitrogens with zero attached hydrogens (tertiary/aromatic N) is 4. The average Bonchev–Trinajstić information content (AvgIpc) is 2.78. The molecule has 5 nitrogen and oxygen atoms in total. The number of hydrogen-bond acceptors (Lipinski definition) is 5. The fraction of sp³-hybridized carbons (Fsp3) is 0.364. The molecule has 0 saturated heterocycles. The molecule has 0 bridgehead atoms. The fourth-order valence-corrected chi connectivity index (χ4v) is 2.31. The van der Waals surface area contributed by atoms with Gasteiger partial charge in [0.2, 0.25) is 5.16 Å². The summed E-state index contributed by atoms with van der Waals surface area (Å²) in [6.45, 7) is 2.74. The Morgan fingerprint density at radius 1 is 1.33 bits per heavy atom. The second-order valence-electron chi connectivity index (χ2n) is 3.65. The van der Waals surface area contributed by atoms with Crippen LogP contribution in [0.3, 0.4) is 0 Å². The lowest BCUT2D eigenvalue weighted by atomic mass is 10.2. The van der Waals surface area contributed by atoms with E-state index >= 15 is 0 Å². The molecule has 0 spiro atoms. The van der Waals surface area contributed by atoms with Crippen LogP contribution in [-0.4, -0.2) is 32.5 Å². The van der Waals surface area contributed by atoms with Crippen molar-refractivity contribution in [2.75, 3.05) is 12.3 Å². The summed E-state index contributed by atoms with van der Waals surface area (Å²) in [7, 11) is 0. The van der Waals surface area contributed by atoms with E-state index in [1.54, 1.807) is 16.4 Å². The number of aryl methyl sites for hydroxylation is 1. The first-order valence-electron chi connectivity index (χ1n) is 5.50. The van der Waals surface area contributed by atoms with Gasteiger partial charge in [0, 0.05) is 5.75 Å². The first-order valence-corrected chi connectivity index (χ1v) is 6.48. The average molecular weight is 286 g/mol. The molecule has 0 unspecified atom stereocenters. The minimum absolute atomic E-state index is 0. The van der Waals surface area contributed by atoms with Crippen LogP contribution in [0.15, 0.2) is 29.4 Å². The van der Waals surface area contributed by atoms with E-state index in [-0.39, 0.29) is 12.4 Å². The molecule has 0 aliphatic heterocycles. The molecule has 2 aromatic rings. The molecular weight excluding hydrogens is 270 g/mol. The van der Waals surface area contributed by atoms with Crippen LogP contribution in [0, 0.1) is 6.92 Å². The van der Waals surface area contributed by atoms with Crippen molar-refractivity contribution < 1.29 is 0 Å². The Hall–Kier alpha value is -1.11. The van der Waals surface area contributed by atoms with Gasteiger partial charge in [-0.25, -0.2) is 0 Å². The normalized spacial score (nSPS) is 10.1. The maximum absolute atomic E-state index is 5.47. The van der Waals surface area contributed by atoms with Gasteiger partial charge in [-0.15, -0.1) is 17.5 Å². The second-order valence-corrected chi connectivity index (χ2v) is 4.71. The summed E-state index contributed by atoms with van der Waals surface area (Å²) < 4.78 is 1.77. The molecule has 0 radical (unpaired) electrons. The maximum Gasteiger partial charge on any atom is 0.214 e. The predicted molar refractivity (Wildman–Crippen MR) is 75.5 cm³/mol. The number of tetrazole rings is 1. The third-order valence-electron chi connectivity index (χ3n) is 2.36. The third kappa shape index (κ3) is 3.44.